The van der Waals surface area contributed by atoms with Gasteiger partial charge in [0.25, 0.3) is 0 Å². The maximum Gasteiger partial charge on any atom is 0.159 e. The average molecular weight is 238 g/mol. The highest BCUT2D eigenvalue weighted by molar-refractivity contribution is 6.30. The minimum absolute atomic E-state index is 0.480. The second-order valence-electron chi connectivity index (χ2n) is 3.14. The number of rotatable bonds is 4. The zero-order valence-electron chi connectivity index (χ0n) is 8.51. The van der Waals surface area contributed by atoms with Crippen LogP contribution in [0.1, 0.15) is 5.82 Å². The molecule has 0 saturated carbocycles. The van der Waals surface area contributed by atoms with Gasteiger partial charge in [-0.1, -0.05) is 11.6 Å². The predicted octanol–water partition coefficient (Wildman–Crippen LogP) is 1.67. The van der Waals surface area contributed by atoms with E-state index in [9.17, 15) is 0 Å². The molecule has 1 aromatic heterocycles. The van der Waals surface area contributed by atoms with Crippen LogP contribution in [0.3, 0.4) is 0 Å². The zero-order valence-corrected chi connectivity index (χ0v) is 9.26. The molecule has 0 saturated heterocycles. The Morgan fingerprint density at radius 2 is 2.06 bits per heavy atom. The summed E-state index contributed by atoms with van der Waals surface area (Å²) in [4.78, 5) is 0. The quantitative estimate of drug-likeness (QED) is 0.812. The molecule has 83 valence electrons. The molecule has 0 atom stereocenters. The number of halogens is 1. The average Bonchev–Trinajstić information content (AvgIpc) is 2.75. The molecule has 1 heterocycles. The Bertz CT molecular complexity index is 454. The second-order valence-corrected chi connectivity index (χ2v) is 3.58. The Balaban J connectivity index is 2.26. The summed E-state index contributed by atoms with van der Waals surface area (Å²) in [5, 5.41) is 12.1. The molecule has 5 nitrogen and oxygen atoms in total. The molecule has 0 N–H and O–H groups in total. The second kappa shape index (κ2) is 5.05. The van der Waals surface area contributed by atoms with Gasteiger partial charge in [-0.25, -0.2) is 0 Å². The van der Waals surface area contributed by atoms with Gasteiger partial charge >= 0.3 is 0 Å². The van der Waals surface area contributed by atoms with Crippen molar-refractivity contribution in [2.75, 3.05) is 6.61 Å². The van der Waals surface area contributed by atoms with E-state index < -0.39 is 0 Å². The molecular formula is C10H10ClN4O. The molecule has 1 radical (unpaired) electrons. The molecule has 2 rings (SSSR count). The van der Waals surface area contributed by atoms with E-state index in [1.54, 1.807) is 16.8 Å². The van der Waals surface area contributed by atoms with Gasteiger partial charge in [0.05, 0.1) is 19.4 Å². The van der Waals surface area contributed by atoms with Crippen molar-refractivity contribution >= 4 is 11.6 Å². The third-order valence-corrected chi connectivity index (χ3v) is 2.33. The lowest BCUT2D eigenvalue weighted by Gasteiger charge is -2.03. The molecule has 0 unspecified atom stereocenters. The highest BCUT2D eigenvalue weighted by Gasteiger charge is 2.07. The summed E-state index contributed by atoms with van der Waals surface area (Å²) in [6.45, 7) is 0.480. The van der Waals surface area contributed by atoms with Gasteiger partial charge in [-0.3, -0.25) is 0 Å². The third-order valence-electron chi connectivity index (χ3n) is 2.08. The summed E-state index contributed by atoms with van der Waals surface area (Å²) in [6.07, 6.45) is 0.610. The van der Waals surface area contributed by atoms with Crippen LogP contribution in [-0.4, -0.2) is 26.8 Å². The van der Waals surface area contributed by atoms with Crippen LogP contribution in [-0.2, 0) is 11.2 Å². The van der Waals surface area contributed by atoms with Gasteiger partial charge in [-0.2, -0.15) is 4.68 Å². The first-order valence-electron chi connectivity index (χ1n) is 4.71. The molecule has 1 aromatic carbocycles. The molecule has 16 heavy (non-hydrogen) atoms. The minimum atomic E-state index is 0.480. The lowest BCUT2D eigenvalue weighted by molar-refractivity contribution is 0.243. The van der Waals surface area contributed by atoms with Crippen molar-refractivity contribution in [2.24, 2.45) is 0 Å². The van der Waals surface area contributed by atoms with Crippen LogP contribution in [0.15, 0.2) is 24.3 Å². The number of ether oxygens (including phenoxy) is 1. The van der Waals surface area contributed by atoms with E-state index in [1.165, 1.54) is 0 Å². The first-order chi connectivity index (χ1) is 7.81. The smallest absolute Gasteiger partial charge is 0.159 e. The van der Waals surface area contributed by atoms with E-state index in [-0.39, 0.29) is 0 Å². The van der Waals surface area contributed by atoms with Crippen LogP contribution in [0.4, 0.5) is 0 Å². The first-order valence-corrected chi connectivity index (χ1v) is 5.09. The fourth-order valence-corrected chi connectivity index (χ4v) is 1.43. The van der Waals surface area contributed by atoms with Crippen LogP contribution in [0.5, 0.6) is 0 Å². The van der Waals surface area contributed by atoms with E-state index in [4.69, 9.17) is 16.3 Å². The number of nitrogens with zero attached hydrogens (tertiary/aromatic N) is 4. The third kappa shape index (κ3) is 2.37. The molecule has 0 aliphatic rings. The van der Waals surface area contributed by atoms with Gasteiger partial charge in [0.1, 0.15) is 0 Å². The van der Waals surface area contributed by atoms with Crippen LogP contribution < -0.4 is 0 Å². The summed E-state index contributed by atoms with van der Waals surface area (Å²) < 4.78 is 6.39. The zero-order chi connectivity index (χ0) is 11.4. The summed E-state index contributed by atoms with van der Waals surface area (Å²) in [5.41, 5.74) is 0.869. The summed E-state index contributed by atoms with van der Waals surface area (Å²) in [7, 11) is 3.30. The van der Waals surface area contributed by atoms with Crippen LogP contribution >= 0.6 is 11.6 Å². The van der Waals surface area contributed by atoms with Gasteiger partial charge in [-0.05, 0) is 34.7 Å². The SMILES string of the molecule is [CH2]OCCc1nnnn1-c1ccc(Cl)cc1. The van der Waals surface area contributed by atoms with Gasteiger partial charge < -0.3 is 4.74 Å². The summed E-state index contributed by atoms with van der Waals surface area (Å²) >= 11 is 5.81. The maximum atomic E-state index is 5.81. The highest BCUT2D eigenvalue weighted by Crippen LogP contribution is 2.13. The lowest BCUT2D eigenvalue weighted by Crippen LogP contribution is -2.05. The lowest BCUT2D eigenvalue weighted by atomic mass is 10.3. The van der Waals surface area contributed by atoms with E-state index in [2.05, 4.69) is 22.6 Å². The number of hydrogen-bond acceptors (Lipinski definition) is 4. The molecule has 0 aliphatic heterocycles. The molecule has 0 aliphatic carbocycles. The number of tetrazole rings is 1. The highest BCUT2D eigenvalue weighted by atomic mass is 35.5. The van der Waals surface area contributed by atoms with Crippen LogP contribution in [0, 0.1) is 7.11 Å². The Kier molecular flexibility index (Phi) is 3.48. The van der Waals surface area contributed by atoms with Crippen LogP contribution in [0.25, 0.3) is 5.69 Å². The fraction of sp³-hybridized carbons (Fsp3) is 0.200. The van der Waals surface area contributed by atoms with Gasteiger partial charge in [0.2, 0.25) is 0 Å². The molecule has 0 bridgehead atoms. The fourth-order valence-electron chi connectivity index (χ4n) is 1.31. The van der Waals surface area contributed by atoms with Crippen molar-refractivity contribution in [3.8, 4) is 5.69 Å². The Hall–Kier alpha value is -1.46. The van der Waals surface area contributed by atoms with Crippen molar-refractivity contribution < 1.29 is 4.74 Å². The Labute approximate surface area is 98.0 Å². The normalized spacial score (nSPS) is 10.6. The molecule has 0 spiro atoms. The summed E-state index contributed by atoms with van der Waals surface area (Å²) in [5.74, 6) is 0.728. The predicted molar refractivity (Wildman–Crippen MR) is 59.2 cm³/mol. The molecule has 6 heteroatoms. The van der Waals surface area contributed by atoms with Gasteiger partial charge in [-0.15, -0.1) is 5.10 Å². The molecule has 2 aromatic rings. The standard InChI is InChI=1S/C10H10ClN4O/c1-16-7-6-10-12-13-14-15(10)9-4-2-8(11)3-5-9/h2-5H,1,6-7H2. The summed E-state index contributed by atoms with van der Waals surface area (Å²) in [6, 6.07) is 7.29. The van der Waals surface area contributed by atoms with Crippen molar-refractivity contribution in [1.29, 1.82) is 0 Å². The van der Waals surface area contributed by atoms with E-state index in [0.717, 1.165) is 11.5 Å². The van der Waals surface area contributed by atoms with Crippen molar-refractivity contribution in [1.82, 2.24) is 20.2 Å². The topological polar surface area (TPSA) is 52.8 Å². The maximum absolute atomic E-state index is 5.81. The molecular weight excluding hydrogens is 228 g/mol. The molecule has 0 fully saturated rings. The Morgan fingerprint density at radius 3 is 2.75 bits per heavy atom. The minimum Gasteiger partial charge on any atom is -0.379 e. The first kappa shape index (κ1) is 11.0. The van der Waals surface area contributed by atoms with E-state index in [1.807, 2.05) is 12.1 Å². The van der Waals surface area contributed by atoms with Crippen molar-refractivity contribution in [3.05, 3.63) is 42.2 Å². The van der Waals surface area contributed by atoms with Gasteiger partial charge in [0.15, 0.2) is 5.82 Å². The molecule has 0 amide bonds. The van der Waals surface area contributed by atoms with Crippen molar-refractivity contribution in [3.63, 3.8) is 0 Å². The van der Waals surface area contributed by atoms with E-state index in [0.29, 0.717) is 18.1 Å². The number of benzene rings is 1. The van der Waals surface area contributed by atoms with Gasteiger partial charge in [0, 0.05) is 11.4 Å². The van der Waals surface area contributed by atoms with Crippen LogP contribution in [0.2, 0.25) is 5.02 Å². The number of aromatic nitrogens is 4. The monoisotopic (exact) mass is 237 g/mol. The van der Waals surface area contributed by atoms with E-state index >= 15 is 0 Å². The largest absolute Gasteiger partial charge is 0.379 e. The number of hydrogen-bond donors (Lipinski definition) is 0. The Morgan fingerprint density at radius 1 is 1.31 bits per heavy atom. The van der Waals surface area contributed by atoms with Crippen molar-refractivity contribution in [2.45, 2.75) is 6.42 Å².